The molecule has 3 atom stereocenters. The molecule has 0 saturated carbocycles. The number of hydrogen-bond donors (Lipinski definition) is 1. The molecule has 0 amide bonds. The molecule has 1 aliphatic rings. The number of cyclic esters (lactones) is 1. The number of rotatable bonds is 14. The maximum absolute atomic E-state index is 12.0. The molecule has 3 unspecified atom stereocenters. The fourth-order valence-electron chi connectivity index (χ4n) is 4.34. The van der Waals surface area contributed by atoms with Gasteiger partial charge in [0.1, 0.15) is 6.10 Å². The monoisotopic (exact) mass is 354 g/mol. The number of esters is 1. The van der Waals surface area contributed by atoms with Crippen molar-refractivity contribution in [3.63, 3.8) is 0 Å². The molecule has 0 bridgehead atoms. The highest BCUT2D eigenvalue weighted by atomic mass is 16.5. The van der Waals surface area contributed by atoms with Crippen LogP contribution >= 0.6 is 0 Å². The van der Waals surface area contributed by atoms with Gasteiger partial charge < -0.3 is 9.84 Å². The quantitative estimate of drug-likeness (QED) is 0.300. The Morgan fingerprint density at radius 1 is 1.00 bits per heavy atom. The van der Waals surface area contributed by atoms with Gasteiger partial charge in [0.05, 0.1) is 12.0 Å². The lowest BCUT2D eigenvalue weighted by Crippen LogP contribution is -2.48. The van der Waals surface area contributed by atoms with Crippen molar-refractivity contribution in [2.75, 3.05) is 0 Å². The van der Waals surface area contributed by atoms with E-state index in [-0.39, 0.29) is 24.4 Å². The Morgan fingerprint density at radius 2 is 1.60 bits per heavy atom. The van der Waals surface area contributed by atoms with Crippen LogP contribution in [0.4, 0.5) is 0 Å². The molecule has 1 rings (SSSR count). The molecule has 1 N–H and O–H groups in total. The third-order valence-corrected chi connectivity index (χ3v) is 5.85. The zero-order valence-corrected chi connectivity index (χ0v) is 17.0. The van der Waals surface area contributed by atoms with Crippen LogP contribution in [-0.4, -0.2) is 22.8 Å². The minimum atomic E-state index is -0.843. The lowest BCUT2D eigenvalue weighted by Gasteiger charge is -2.41. The van der Waals surface area contributed by atoms with Crippen LogP contribution in [0, 0.1) is 5.92 Å². The molecule has 1 saturated heterocycles. The van der Waals surface area contributed by atoms with Crippen LogP contribution in [0.1, 0.15) is 117 Å². The van der Waals surface area contributed by atoms with Crippen LogP contribution in [0.15, 0.2) is 0 Å². The Morgan fingerprint density at radius 3 is 2.16 bits per heavy atom. The molecule has 1 fully saturated rings. The molecule has 0 aliphatic carbocycles. The average molecular weight is 355 g/mol. The summed E-state index contributed by atoms with van der Waals surface area (Å²) in [4.78, 5) is 12.0. The van der Waals surface area contributed by atoms with E-state index in [1.807, 2.05) is 0 Å². The maximum atomic E-state index is 12.0. The van der Waals surface area contributed by atoms with E-state index >= 15 is 0 Å². The van der Waals surface area contributed by atoms with Crippen LogP contribution < -0.4 is 0 Å². The smallest absolute Gasteiger partial charge is 0.308 e. The molecule has 1 aliphatic heterocycles. The lowest BCUT2D eigenvalue weighted by atomic mass is 9.74. The zero-order valence-electron chi connectivity index (χ0n) is 17.0. The first-order valence-electron chi connectivity index (χ1n) is 11.0. The van der Waals surface area contributed by atoms with Gasteiger partial charge in [0.25, 0.3) is 0 Å². The van der Waals surface area contributed by atoms with Crippen molar-refractivity contribution >= 4 is 5.97 Å². The molecule has 3 heteroatoms. The number of carbonyl (C=O) groups is 1. The lowest BCUT2D eigenvalue weighted by molar-refractivity contribution is -0.178. The van der Waals surface area contributed by atoms with E-state index in [4.69, 9.17) is 4.74 Å². The van der Waals surface area contributed by atoms with Gasteiger partial charge in [-0.15, -0.1) is 0 Å². The van der Waals surface area contributed by atoms with Gasteiger partial charge >= 0.3 is 5.97 Å². The van der Waals surface area contributed by atoms with E-state index in [0.29, 0.717) is 6.42 Å². The summed E-state index contributed by atoms with van der Waals surface area (Å²) >= 11 is 0. The van der Waals surface area contributed by atoms with Gasteiger partial charge in [0.2, 0.25) is 0 Å². The average Bonchev–Trinajstić information content (AvgIpc) is 2.57. The SMILES string of the molecule is CCCCCCCCCCCC1CC(O)(C(CC)CCC)CC(=O)O1. The van der Waals surface area contributed by atoms with Crippen molar-refractivity contribution in [1.29, 1.82) is 0 Å². The molecule has 0 aromatic carbocycles. The van der Waals surface area contributed by atoms with Gasteiger partial charge in [0.15, 0.2) is 0 Å². The van der Waals surface area contributed by atoms with Crippen LogP contribution in [-0.2, 0) is 9.53 Å². The topological polar surface area (TPSA) is 46.5 Å². The summed E-state index contributed by atoms with van der Waals surface area (Å²) in [5.41, 5.74) is -0.843. The normalized spacial score (nSPS) is 25.0. The van der Waals surface area contributed by atoms with Crippen LogP contribution in [0.3, 0.4) is 0 Å². The van der Waals surface area contributed by atoms with Crippen molar-refractivity contribution in [3.8, 4) is 0 Å². The minimum Gasteiger partial charge on any atom is -0.462 e. The van der Waals surface area contributed by atoms with Crippen molar-refractivity contribution in [3.05, 3.63) is 0 Å². The standard InChI is InChI=1S/C22H42O3/c1-4-7-8-9-10-11-12-13-14-16-20-17-22(24,18-21(23)25-20)19(6-3)15-5-2/h19-20,24H,4-18H2,1-3H3. The third-order valence-electron chi connectivity index (χ3n) is 5.85. The summed E-state index contributed by atoms with van der Waals surface area (Å²) in [6, 6.07) is 0. The number of ether oxygens (including phenoxy) is 1. The molecule has 25 heavy (non-hydrogen) atoms. The first kappa shape index (κ1) is 22.5. The van der Waals surface area contributed by atoms with E-state index in [2.05, 4.69) is 20.8 Å². The van der Waals surface area contributed by atoms with Gasteiger partial charge in [-0.05, 0) is 25.2 Å². The highest BCUT2D eigenvalue weighted by molar-refractivity contribution is 5.72. The minimum absolute atomic E-state index is 0.0817. The van der Waals surface area contributed by atoms with Crippen LogP contribution in [0.25, 0.3) is 0 Å². The Balaban J connectivity index is 2.26. The Bertz CT molecular complexity index is 355. The maximum Gasteiger partial charge on any atom is 0.308 e. The van der Waals surface area contributed by atoms with E-state index < -0.39 is 5.60 Å². The Kier molecular flexibility index (Phi) is 11.4. The van der Waals surface area contributed by atoms with E-state index in [1.54, 1.807) is 0 Å². The van der Waals surface area contributed by atoms with Crippen LogP contribution in [0.5, 0.6) is 0 Å². The highest BCUT2D eigenvalue weighted by Crippen LogP contribution is 2.38. The molecular weight excluding hydrogens is 312 g/mol. The summed E-state index contributed by atoms with van der Waals surface area (Å²) in [5.74, 6) is 0.0141. The van der Waals surface area contributed by atoms with Crippen molar-refractivity contribution in [2.45, 2.75) is 129 Å². The Hall–Kier alpha value is -0.570. The summed E-state index contributed by atoms with van der Waals surface area (Å²) < 4.78 is 5.53. The zero-order chi connectivity index (χ0) is 18.5. The number of unbranched alkanes of at least 4 members (excludes halogenated alkanes) is 8. The highest BCUT2D eigenvalue weighted by Gasteiger charge is 2.44. The molecular formula is C22H42O3. The summed E-state index contributed by atoms with van der Waals surface area (Å²) in [6.45, 7) is 6.52. The number of aliphatic hydroxyl groups is 1. The predicted molar refractivity (Wildman–Crippen MR) is 105 cm³/mol. The molecule has 0 radical (unpaired) electrons. The van der Waals surface area contributed by atoms with Crippen molar-refractivity contribution in [1.82, 2.24) is 0 Å². The van der Waals surface area contributed by atoms with Crippen molar-refractivity contribution < 1.29 is 14.6 Å². The predicted octanol–water partition coefficient (Wildman–Crippen LogP) is 6.17. The van der Waals surface area contributed by atoms with E-state index in [1.165, 1.54) is 51.4 Å². The fourth-order valence-corrected chi connectivity index (χ4v) is 4.34. The largest absolute Gasteiger partial charge is 0.462 e. The third kappa shape index (κ3) is 8.57. The summed E-state index contributed by atoms with van der Waals surface area (Å²) in [5, 5.41) is 11.0. The van der Waals surface area contributed by atoms with Crippen LogP contribution in [0.2, 0.25) is 0 Å². The van der Waals surface area contributed by atoms with Gasteiger partial charge in [-0.25, -0.2) is 0 Å². The summed E-state index contributed by atoms with van der Waals surface area (Å²) in [7, 11) is 0. The second-order valence-corrected chi connectivity index (χ2v) is 8.11. The summed E-state index contributed by atoms with van der Waals surface area (Å²) in [6.07, 6.45) is 16.3. The molecule has 0 spiro atoms. The van der Waals surface area contributed by atoms with Gasteiger partial charge in [-0.1, -0.05) is 85.0 Å². The second kappa shape index (κ2) is 12.7. The molecule has 148 valence electrons. The van der Waals surface area contributed by atoms with Crippen molar-refractivity contribution in [2.24, 2.45) is 5.92 Å². The van der Waals surface area contributed by atoms with Gasteiger partial charge in [-0.2, -0.15) is 0 Å². The first-order chi connectivity index (χ1) is 12.1. The van der Waals surface area contributed by atoms with E-state index in [0.717, 1.165) is 32.1 Å². The van der Waals surface area contributed by atoms with Gasteiger partial charge in [-0.3, -0.25) is 4.79 Å². The first-order valence-corrected chi connectivity index (χ1v) is 11.0. The molecule has 0 aromatic rings. The molecule has 0 aromatic heterocycles. The Labute approximate surface area is 155 Å². The van der Waals surface area contributed by atoms with E-state index in [9.17, 15) is 9.90 Å². The molecule has 1 heterocycles. The fraction of sp³-hybridized carbons (Fsp3) is 0.955. The number of carbonyl (C=O) groups excluding carboxylic acids is 1. The number of hydrogen-bond acceptors (Lipinski definition) is 3. The molecule has 3 nitrogen and oxygen atoms in total. The second-order valence-electron chi connectivity index (χ2n) is 8.11. The van der Waals surface area contributed by atoms with Gasteiger partial charge in [0, 0.05) is 6.42 Å².